The number of likely N-dealkylation sites (N-methyl/N-ethyl adjacent to an activating group) is 1. The number of benzene rings is 1. The number of nitrogens with one attached hydrogen (secondary N) is 1. The normalized spacial score (nSPS) is 18.2. The fourth-order valence-electron chi connectivity index (χ4n) is 2.73. The summed E-state index contributed by atoms with van der Waals surface area (Å²) in [5.41, 5.74) is 8.15. The van der Waals surface area contributed by atoms with E-state index in [1.54, 1.807) is 0 Å². The molecule has 1 aromatic rings. The quantitative estimate of drug-likeness (QED) is 0.494. The predicted molar refractivity (Wildman–Crippen MR) is 94.5 cm³/mol. The van der Waals surface area contributed by atoms with Gasteiger partial charge < -0.3 is 20.9 Å². The van der Waals surface area contributed by atoms with Gasteiger partial charge in [0.1, 0.15) is 0 Å². The Labute approximate surface area is 134 Å². The second-order valence-electron chi connectivity index (χ2n) is 6.11. The Hall–Kier alpha value is -1.59. The van der Waals surface area contributed by atoms with Crippen LogP contribution in [0.3, 0.4) is 0 Å². The van der Waals surface area contributed by atoms with Crippen LogP contribution < -0.4 is 11.1 Å². The van der Waals surface area contributed by atoms with Crippen molar-refractivity contribution in [2.75, 3.05) is 51.6 Å². The molecule has 1 heterocycles. The molecule has 0 saturated carbocycles. The summed E-state index contributed by atoms with van der Waals surface area (Å²) < 4.78 is 0. The number of nitrogens with zero attached hydrogens (tertiary/aromatic N) is 3. The van der Waals surface area contributed by atoms with Crippen LogP contribution in [-0.2, 0) is 0 Å². The van der Waals surface area contributed by atoms with E-state index < -0.39 is 0 Å². The van der Waals surface area contributed by atoms with Crippen molar-refractivity contribution in [3.05, 3.63) is 29.8 Å². The Morgan fingerprint density at radius 3 is 2.95 bits per heavy atom. The van der Waals surface area contributed by atoms with E-state index in [0.717, 1.165) is 31.7 Å². The van der Waals surface area contributed by atoms with E-state index in [0.29, 0.717) is 5.96 Å². The van der Waals surface area contributed by atoms with Crippen LogP contribution in [0.15, 0.2) is 29.3 Å². The number of rotatable bonds is 5. The van der Waals surface area contributed by atoms with Crippen molar-refractivity contribution in [1.82, 2.24) is 9.80 Å². The molecule has 3 N–H and O–H groups in total. The highest BCUT2D eigenvalue weighted by molar-refractivity contribution is 5.92. The smallest absolute Gasteiger partial charge is 0.193 e. The lowest BCUT2D eigenvalue weighted by Gasteiger charge is -2.19. The summed E-state index contributed by atoms with van der Waals surface area (Å²) >= 11 is 0. The summed E-state index contributed by atoms with van der Waals surface area (Å²) in [6.45, 7) is 8.69. The summed E-state index contributed by atoms with van der Waals surface area (Å²) in [4.78, 5) is 9.35. The van der Waals surface area contributed by atoms with Crippen LogP contribution in [0, 0.1) is 6.92 Å². The van der Waals surface area contributed by atoms with Gasteiger partial charge in [0.15, 0.2) is 5.96 Å². The van der Waals surface area contributed by atoms with Crippen LogP contribution in [0.1, 0.15) is 18.4 Å². The maximum Gasteiger partial charge on any atom is 0.193 e. The molecule has 0 spiro atoms. The molecule has 1 saturated heterocycles. The highest BCUT2D eigenvalue weighted by Crippen LogP contribution is 2.08. The van der Waals surface area contributed by atoms with Gasteiger partial charge in [-0.15, -0.1) is 0 Å². The van der Waals surface area contributed by atoms with Crippen LogP contribution >= 0.6 is 0 Å². The van der Waals surface area contributed by atoms with Crippen molar-refractivity contribution in [3.8, 4) is 0 Å². The molecular weight excluding hydrogens is 274 g/mol. The minimum atomic E-state index is 0.501. The molecule has 0 amide bonds. The second kappa shape index (κ2) is 8.76. The first-order valence-corrected chi connectivity index (χ1v) is 8.18. The average molecular weight is 303 g/mol. The lowest BCUT2D eigenvalue weighted by Crippen LogP contribution is -2.30. The van der Waals surface area contributed by atoms with Crippen molar-refractivity contribution in [2.45, 2.75) is 19.8 Å². The molecule has 0 aliphatic carbocycles. The van der Waals surface area contributed by atoms with Gasteiger partial charge in [0, 0.05) is 25.3 Å². The zero-order valence-corrected chi connectivity index (χ0v) is 13.9. The van der Waals surface area contributed by atoms with Crippen LogP contribution in [-0.4, -0.2) is 62.1 Å². The molecule has 1 aliphatic heterocycles. The number of nitrogens with two attached hydrogens (primary N) is 1. The number of aryl methyl sites for hydroxylation is 1. The van der Waals surface area contributed by atoms with Gasteiger partial charge in [0.25, 0.3) is 0 Å². The van der Waals surface area contributed by atoms with Gasteiger partial charge >= 0.3 is 0 Å². The predicted octanol–water partition coefficient (Wildman–Crippen LogP) is 1.75. The maximum absolute atomic E-state index is 5.94. The lowest BCUT2D eigenvalue weighted by atomic mass is 10.2. The van der Waals surface area contributed by atoms with Crippen molar-refractivity contribution < 1.29 is 0 Å². The molecule has 22 heavy (non-hydrogen) atoms. The minimum absolute atomic E-state index is 0.501. The van der Waals surface area contributed by atoms with Crippen molar-refractivity contribution >= 4 is 11.6 Å². The van der Waals surface area contributed by atoms with Crippen molar-refractivity contribution in [1.29, 1.82) is 0 Å². The van der Waals surface area contributed by atoms with E-state index in [1.807, 2.05) is 12.1 Å². The number of hydrogen-bond acceptors (Lipinski definition) is 3. The summed E-state index contributed by atoms with van der Waals surface area (Å²) in [6, 6.07) is 8.15. The van der Waals surface area contributed by atoms with Gasteiger partial charge in [-0.3, -0.25) is 4.99 Å². The van der Waals surface area contributed by atoms with Crippen molar-refractivity contribution in [2.24, 2.45) is 10.7 Å². The number of hydrogen-bond donors (Lipinski definition) is 2. The largest absolute Gasteiger partial charge is 0.370 e. The molecule has 5 heteroatoms. The van der Waals surface area contributed by atoms with E-state index in [2.05, 4.69) is 46.2 Å². The molecule has 1 aromatic carbocycles. The Kier molecular flexibility index (Phi) is 6.68. The summed E-state index contributed by atoms with van der Waals surface area (Å²) in [5, 5.41) is 3.14. The third-order valence-electron chi connectivity index (χ3n) is 4.02. The topological polar surface area (TPSA) is 56.9 Å². The highest BCUT2D eigenvalue weighted by atomic mass is 15.2. The van der Waals surface area contributed by atoms with Crippen LogP contribution in [0.25, 0.3) is 0 Å². The molecule has 0 radical (unpaired) electrons. The SMILES string of the molecule is Cc1cccc(NC(N)=NCCCN2CCCN(C)CC2)c1. The lowest BCUT2D eigenvalue weighted by molar-refractivity contribution is 0.275. The number of anilines is 1. The molecule has 0 atom stereocenters. The summed E-state index contributed by atoms with van der Waals surface area (Å²) in [7, 11) is 2.20. The van der Waals surface area contributed by atoms with Gasteiger partial charge in [0.05, 0.1) is 0 Å². The minimum Gasteiger partial charge on any atom is -0.370 e. The Morgan fingerprint density at radius 1 is 1.27 bits per heavy atom. The zero-order valence-electron chi connectivity index (χ0n) is 13.9. The second-order valence-corrected chi connectivity index (χ2v) is 6.11. The van der Waals surface area contributed by atoms with Crippen LogP contribution in [0.2, 0.25) is 0 Å². The Bertz CT molecular complexity index is 486. The summed E-state index contributed by atoms with van der Waals surface area (Å²) in [6.07, 6.45) is 2.32. The highest BCUT2D eigenvalue weighted by Gasteiger charge is 2.10. The van der Waals surface area contributed by atoms with Gasteiger partial charge in [0.2, 0.25) is 0 Å². The van der Waals surface area contributed by atoms with Crippen molar-refractivity contribution in [3.63, 3.8) is 0 Å². The summed E-state index contributed by atoms with van der Waals surface area (Å²) in [5.74, 6) is 0.501. The van der Waals surface area contributed by atoms with Crippen LogP contribution in [0.5, 0.6) is 0 Å². The fourth-order valence-corrected chi connectivity index (χ4v) is 2.73. The molecule has 2 rings (SSSR count). The molecule has 0 aromatic heterocycles. The van der Waals surface area contributed by atoms with E-state index in [4.69, 9.17) is 5.73 Å². The van der Waals surface area contributed by atoms with Gasteiger partial charge in [-0.25, -0.2) is 0 Å². The first-order chi connectivity index (χ1) is 10.6. The third kappa shape index (κ3) is 6.03. The van der Waals surface area contributed by atoms with E-state index in [-0.39, 0.29) is 0 Å². The molecule has 0 unspecified atom stereocenters. The first-order valence-electron chi connectivity index (χ1n) is 8.18. The fraction of sp³-hybridized carbons (Fsp3) is 0.588. The Morgan fingerprint density at radius 2 is 2.14 bits per heavy atom. The molecule has 5 nitrogen and oxygen atoms in total. The zero-order chi connectivity index (χ0) is 15.8. The van der Waals surface area contributed by atoms with Gasteiger partial charge in [-0.1, -0.05) is 12.1 Å². The maximum atomic E-state index is 5.94. The van der Waals surface area contributed by atoms with Gasteiger partial charge in [-0.05, 0) is 64.1 Å². The Balaban J connectivity index is 1.68. The number of aliphatic imine (C=N–C) groups is 1. The van der Waals surface area contributed by atoms with E-state index in [1.165, 1.54) is 31.6 Å². The van der Waals surface area contributed by atoms with Crippen LogP contribution in [0.4, 0.5) is 5.69 Å². The number of guanidine groups is 1. The molecule has 1 aliphatic rings. The molecule has 0 bridgehead atoms. The van der Waals surface area contributed by atoms with Gasteiger partial charge in [-0.2, -0.15) is 0 Å². The first kappa shape index (κ1) is 16.8. The molecule has 122 valence electrons. The molecular formula is C17H29N5. The van der Waals surface area contributed by atoms with E-state index >= 15 is 0 Å². The standard InChI is InChI=1S/C17H29N5/c1-15-6-3-7-16(14-15)20-17(18)19-8-4-10-22-11-5-9-21(2)12-13-22/h3,6-7,14H,4-5,8-13H2,1-2H3,(H3,18,19,20). The molecule has 1 fully saturated rings. The third-order valence-corrected chi connectivity index (χ3v) is 4.02. The average Bonchev–Trinajstić information content (AvgIpc) is 2.68. The monoisotopic (exact) mass is 303 g/mol. The van der Waals surface area contributed by atoms with E-state index in [9.17, 15) is 0 Å².